The summed E-state index contributed by atoms with van der Waals surface area (Å²) >= 11 is 0. The Bertz CT molecular complexity index is 1160. The molecule has 1 aliphatic rings. The summed E-state index contributed by atoms with van der Waals surface area (Å²) in [6.07, 6.45) is 10.1. The number of aromatic nitrogens is 3. The van der Waals surface area contributed by atoms with Gasteiger partial charge in [-0.1, -0.05) is 49.6 Å². The topological polar surface area (TPSA) is 34.0 Å². The van der Waals surface area contributed by atoms with E-state index in [0.29, 0.717) is 6.04 Å². The minimum atomic E-state index is -0.242. The Hall–Kier alpha value is -3.21. The second-order valence-electron chi connectivity index (χ2n) is 8.23. The molecule has 0 saturated heterocycles. The van der Waals surface area contributed by atoms with Crippen molar-refractivity contribution >= 4 is 16.9 Å². The molecule has 5 heteroatoms. The highest BCUT2D eigenvalue weighted by Gasteiger charge is 2.26. The molecule has 0 atom stereocenters. The van der Waals surface area contributed by atoms with Crippen molar-refractivity contribution in [1.29, 1.82) is 0 Å². The zero-order valence-electron chi connectivity index (χ0n) is 17.8. The number of fused-ring (bicyclic) bond motifs is 1. The fraction of sp³-hybridized carbons (Fsp3) is 0.308. The van der Waals surface area contributed by atoms with E-state index in [9.17, 15) is 4.39 Å². The van der Waals surface area contributed by atoms with Crippen LogP contribution in [0, 0.1) is 5.82 Å². The number of anilines is 1. The highest BCUT2D eigenvalue weighted by Crippen LogP contribution is 2.38. The minimum absolute atomic E-state index is 0.242. The van der Waals surface area contributed by atoms with Gasteiger partial charge in [0.2, 0.25) is 0 Å². The van der Waals surface area contributed by atoms with Crippen molar-refractivity contribution in [2.45, 2.75) is 45.1 Å². The molecule has 5 rings (SSSR count). The van der Waals surface area contributed by atoms with Gasteiger partial charge in [0.05, 0.1) is 5.39 Å². The maximum absolute atomic E-state index is 13.6. The van der Waals surface area contributed by atoms with Gasteiger partial charge < -0.3 is 9.47 Å². The molecule has 4 aromatic rings. The van der Waals surface area contributed by atoms with E-state index in [1.54, 1.807) is 18.5 Å². The first-order valence-corrected chi connectivity index (χ1v) is 11.2. The molecule has 1 fully saturated rings. The first-order chi connectivity index (χ1) is 15.3. The molecule has 31 heavy (non-hydrogen) atoms. The second kappa shape index (κ2) is 8.50. The normalized spacial score (nSPS) is 14.8. The van der Waals surface area contributed by atoms with Crippen molar-refractivity contribution in [3.8, 4) is 16.8 Å². The molecule has 2 aromatic heterocycles. The molecular weight excluding hydrogens is 387 g/mol. The van der Waals surface area contributed by atoms with Crippen LogP contribution in [0.1, 0.15) is 39.0 Å². The number of hydrogen-bond acceptors (Lipinski definition) is 3. The van der Waals surface area contributed by atoms with Crippen LogP contribution >= 0.6 is 0 Å². The van der Waals surface area contributed by atoms with E-state index < -0.39 is 0 Å². The molecule has 1 saturated carbocycles. The fourth-order valence-corrected chi connectivity index (χ4v) is 4.87. The van der Waals surface area contributed by atoms with E-state index in [-0.39, 0.29) is 5.82 Å². The predicted molar refractivity (Wildman–Crippen MR) is 124 cm³/mol. The molecule has 0 radical (unpaired) electrons. The van der Waals surface area contributed by atoms with E-state index in [2.05, 4.69) is 51.8 Å². The highest BCUT2D eigenvalue weighted by molar-refractivity contribution is 6.02. The average Bonchev–Trinajstić information content (AvgIpc) is 3.22. The quantitative estimate of drug-likeness (QED) is 0.380. The molecule has 0 N–H and O–H groups in total. The molecule has 0 unspecified atom stereocenters. The lowest BCUT2D eigenvalue weighted by molar-refractivity contribution is 0.417. The first-order valence-electron chi connectivity index (χ1n) is 11.2. The number of rotatable bonds is 5. The van der Waals surface area contributed by atoms with E-state index >= 15 is 0 Å². The summed E-state index contributed by atoms with van der Waals surface area (Å²) in [4.78, 5) is 11.9. The first kappa shape index (κ1) is 19.7. The average molecular weight is 415 g/mol. The molecule has 2 heterocycles. The van der Waals surface area contributed by atoms with Crippen LogP contribution < -0.4 is 4.90 Å². The third kappa shape index (κ3) is 3.69. The van der Waals surface area contributed by atoms with Gasteiger partial charge in [-0.3, -0.25) is 0 Å². The third-order valence-corrected chi connectivity index (χ3v) is 6.38. The van der Waals surface area contributed by atoms with Crippen molar-refractivity contribution in [2.75, 3.05) is 11.4 Å². The Morgan fingerprint density at radius 3 is 2.42 bits per heavy atom. The molecule has 0 spiro atoms. The Morgan fingerprint density at radius 1 is 0.968 bits per heavy atom. The van der Waals surface area contributed by atoms with E-state index in [0.717, 1.165) is 40.2 Å². The molecule has 4 nitrogen and oxygen atoms in total. The van der Waals surface area contributed by atoms with Gasteiger partial charge in [0.15, 0.2) is 5.65 Å². The molecule has 2 aromatic carbocycles. The lowest BCUT2D eigenvalue weighted by Gasteiger charge is -2.35. The van der Waals surface area contributed by atoms with E-state index in [1.165, 1.54) is 44.2 Å². The second-order valence-corrected chi connectivity index (χ2v) is 8.23. The largest absolute Gasteiger partial charge is 0.353 e. The van der Waals surface area contributed by atoms with Gasteiger partial charge in [-0.25, -0.2) is 14.4 Å². The van der Waals surface area contributed by atoms with Crippen molar-refractivity contribution < 1.29 is 4.39 Å². The zero-order valence-corrected chi connectivity index (χ0v) is 17.8. The van der Waals surface area contributed by atoms with Crippen molar-refractivity contribution in [3.63, 3.8) is 0 Å². The molecule has 1 aliphatic carbocycles. The monoisotopic (exact) mass is 414 g/mol. The van der Waals surface area contributed by atoms with Crippen LogP contribution in [-0.4, -0.2) is 27.1 Å². The van der Waals surface area contributed by atoms with E-state index in [1.807, 2.05) is 6.07 Å². The third-order valence-electron chi connectivity index (χ3n) is 6.38. The highest BCUT2D eigenvalue weighted by atomic mass is 19.1. The van der Waals surface area contributed by atoms with Gasteiger partial charge in [0.25, 0.3) is 0 Å². The zero-order chi connectivity index (χ0) is 21.2. The van der Waals surface area contributed by atoms with Gasteiger partial charge in [-0.05, 0) is 49.6 Å². The Kier molecular flexibility index (Phi) is 5.41. The van der Waals surface area contributed by atoms with Gasteiger partial charge in [-0.2, -0.15) is 0 Å². The number of hydrogen-bond donors (Lipinski definition) is 0. The van der Waals surface area contributed by atoms with Crippen molar-refractivity contribution in [2.24, 2.45) is 0 Å². The summed E-state index contributed by atoms with van der Waals surface area (Å²) in [5.74, 6) is 0.757. The summed E-state index contributed by atoms with van der Waals surface area (Å²) in [6, 6.07) is 17.5. The van der Waals surface area contributed by atoms with Crippen LogP contribution in [0.15, 0.2) is 67.1 Å². The standard InChI is InChI=1S/C26H27FN4/c1-2-30(21-11-7-4-8-12-21)25-24-23(19-9-5-3-6-10-19)17-31(26(24)29-18-28-25)22-15-13-20(27)14-16-22/h3,5-6,9-10,13-18,21H,2,4,7-8,11-12H2,1H3. The summed E-state index contributed by atoms with van der Waals surface area (Å²) < 4.78 is 15.6. The number of benzene rings is 2. The van der Waals surface area contributed by atoms with Crippen LogP contribution in [0.25, 0.3) is 27.8 Å². The maximum atomic E-state index is 13.6. The van der Waals surface area contributed by atoms with Crippen LogP contribution in [0.4, 0.5) is 10.2 Å². The molecule has 0 aliphatic heterocycles. The van der Waals surface area contributed by atoms with Crippen LogP contribution in [0.5, 0.6) is 0 Å². The van der Waals surface area contributed by atoms with E-state index in [4.69, 9.17) is 4.98 Å². The molecular formula is C26H27FN4. The number of halogens is 1. The number of nitrogens with zero attached hydrogens (tertiary/aromatic N) is 4. The minimum Gasteiger partial charge on any atom is -0.353 e. The summed E-state index contributed by atoms with van der Waals surface area (Å²) in [5.41, 5.74) is 3.97. The van der Waals surface area contributed by atoms with Crippen LogP contribution in [0.2, 0.25) is 0 Å². The smallest absolute Gasteiger partial charge is 0.150 e. The van der Waals surface area contributed by atoms with Crippen molar-refractivity contribution in [1.82, 2.24) is 14.5 Å². The molecule has 158 valence electrons. The van der Waals surface area contributed by atoms with Gasteiger partial charge in [0.1, 0.15) is 18.0 Å². The lowest BCUT2D eigenvalue weighted by atomic mass is 9.94. The van der Waals surface area contributed by atoms with Gasteiger partial charge >= 0.3 is 0 Å². The molecule has 0 amide bonds. The Balaban J connectivity index is 1.74. The Labute approximate surface area is 182 Å². The SMILES string of the molecule is CCN(c1ncnc2c1c(-c1ccccc1)cn2-c1ccc(F)cc1)C1CCCCC1. The Morgan fingerprint density at radius 2 is 1.71 bits per heavy atom. The lowest BCUT2D eigenvalue weighted by Crippen LogP contribution is -2.37. The van der Waals surface area contributed by atoms with Crippen LogP contribution in [-0.2, 0) is 0 Å². The van der Waals surface area contributed by atoms with Gasteiger partial charge in [0, 0.05) is 30.0 Å². The summed E-state index contributed by atoms with van der Waals surface area (Å²) in [6.45, 7) is 3.12. The maximum Gasteiger partial charge on any atom is 0.150 e. The fourth-order valence-electron chi connectivity index (χ4n) is 4.87. The summed E-state index contributed by atoms with van der Waals surface area (Å²) in [7, 11) is 0. The summed E-state index contributed by atoms with van der Waals surface area (Å²) in [5, 5.41) is 1.06. The van der Waals surface area contributed by atoms with Crippen LogP contribution in [0.3, 0.4) is 0 Å². The predicted octanol–water partition coefficient (Wildman–Crippen LogP) is 6.39. The molecule has 0 bridgehead atoms. The van der Waals surface area contributed by atoms with Gasteiger partial charge in [-0.15, -0.1) is 0 Å². The van der Waals surface area contributed by atoms with Crippen molar-refractivity contribution in [3.05, 3.63) is 72.9 Å².